The van der Waals surface area contributed by atoms with Crippen molar-refractivity contribution in [1.29, 1.82) is 0 Å². The highest BCUT2D eigenvalue weighted by Crippen LogP contribution is 1.90. The number of carbonyl (C=O) groups excluding carboxylic acids is 1. The predicted octanol–water partition coefficient (Wildman–Crippen LogP) is -1.35. The smallest absolute Gasteiger partial charge is 0.333 e. The minimum absolute atomic E-state index is 0.0268. The number of nitrogens with one attached hydrogen (secondary N) is 3. The van der Waals surface area contributed by atoms with E-state index in [1.165, 1.54) is 0 Å². The van der Waals surface area contributed by atoms with Crippen LogP contribution < -0.4 is 15.6 Å². The first kappa shape index (κ1) is 14.4. The molecule has 0 amide bonds. The highest BCUT2D eigenvalue weighted by molar-refractivity contribution is 7.32. The summed E-state index contributed by atoms with van der Waals surface area (Å²) in [5, 5.41) is 15.5. The van der Waals surface area contributed by atoms with E-state index in [0.717, 1.165) is 0 Å². The Balaban J connectivity index is 3.37. The molecule has 2 atom stereocenters. The lowest BCUT2D eigenvalue weighted by Crippen LogP contribution is -3.12. The minimum Gasteiger partial charge on any atom is -0.579 e. The molecular weight excluding hydrogens is 221 g/mol. The normalized spacial score (nSPS) is 13.0. The Labute approximate surface area is 90.2 Å². The molecule has 0 aromatic rings. The second kappa shape index (κ2) is 8.72. The first-order valence-corrected chi connectivity index (χ1v) is 5.25. The van der Waals surface area contributed by atoms with Crippen LogP contribution >= 0.6 is 8.88 Å². The van der Waals surface area contributed by atoms with Gasteiger partial charge in [-0.1, -0.05) is 6.58 Å². The first-order valence-electron chi connectivity index (χ1n) is 4.25. The van der Waals surface area contributed by atoms with Crippen LogP contribution in [0.5, 0.6) is 0 Å². The van der Waals surface area contributed by atoms with E-state index in [1.807, 2.05) is 0 Å². The number of ether oxygens (including phenoxy) is 1. The van der Waals surface area contributed by atoms with Crippen molar-refractivity contribution < 1.29 is 19.7 Å². The molecule has 0 aliphatic heterocycles. The molecule has 15 heavy (non-hydrogen) atoms. The van der Waals surface area contributed by atoms with E-state index in [9.17, 15) is 10.0 Å². The Morgan fingerprint density at radius 1 is 1.60 bits per heavy atom. The molecule has 0 aliphatic carbocycles. The molecule has 0 spiro atoms. The van der Waals surface area contributed by atoms with E-state index in [0.29, 0.717) is 5.57 Å². The molecule has 0 heterocycles. The van der Waals surface area contributed by atoms with Gasteiger partial charge in [0.05, 0.1) is 8.88 Å². The van der Waals surface area contributed by atoms with Crippen LogP contribution in [0.1, 0.15) is 6.92 Å². The third-order valence-corrected chi connectivity index (χ3v) is 1.77. The van der Waals surface area contributed by atoms with Gasteiger partial charge < -0.3 is 9.94 Å². The molecule has 0 aliphatic rings. The topological polar surface area (TPSA) is 87.1 Å². The summed E-state index contributed by atoms with van der Waals surface area (Å²) in [5.74, 6) is -0.490. The van der Waals surface area contributed by atoms with Crippen LogP contribution in [0.3, 0.4) is 0 Å². The van der Waals surface area contributed by atoms with Crippen molar-refractivity contribution in [2.45, 2.75) is 6.92 Å². The lowest BCUT2D eigenvalue weighted by Gasteiger charge is -2.18. The van der Waals surface area contributed by atoms with E-state index < -0.39 is 11.3 Å². The molecule has 0 saturated carbocycles. The van der Waals surface area contributed by atoms with Crippen LogP contribution in [0, 0.1) is 5.21 Å². The average molecular weight is 237 g/mol. The fourth-order valence-corrected chi connectivity index (χ4v) is 0.841. The van der Waals surface area contributed by atoms with Crippen molar-refractivity contribution in [2.75, 3.05) is 20.3 Å². The lowest BCUT2D eigenvalue weighted by molar-refractivity contribution is -1.08. The SMILES string of the molecule is C=C(C)C(=O)OCCO[NH+]([O-])NPNC. The van der Waals surface area contributed by atoms with Crippen molar-refractivity contribution in [3.8, 4) is 0 Å². The van der Waals surface area contributed by atoms with Gasteiger partial charge in [0.15, 0.2) is 0 Å². The van der Waals surface area contributed by atoms with Crippen LogP contribution in [-0.4, -0.2) is 26.2 Å². The van der Waals surface area contributed by atoms with Crippen molar-refractivity contribution in [3.05, 3.63) is 17.4 Å². The monoisotopic (exact) mass is 237 g/mol. The fraction of sp³-hybridized carbons (Fsp3) is 0.571. The molecule has 0 aromatic carbocycles. The Kier molecular flexibility index (Phi) is 8.40. The average Bonchev–Trinajstić information content (AvgIpc) is 2.20. The Morgan fingerprint density at radius 2 is 2.27 bits per heavy atom. The van der Waals surface area contributed by atoms with Crippen LogP contribution in [0.15, 0.2) is 12.2 Å². The van der Waals surface area contributed by atoms with Gasteiger partial charge in [0.25, 0.3) is 0 Å². The molecule has 0 aromatic heterocycles. The third kappa shape index (κ3) is 8.44. The van der Waals surface area contributed by atoms with Gasteiger partial charge in [0, 0.05) is 5.57 Å². The van der Waals surface area contributed by atoms with E-state index >= 15 is 0 Å². The zero-order valence-electron chi connectivity index (χ0n) is 8.75. The number of hydrogen-bond donors (Lipinski definition) is 3. The van der Waals surface area contributed by atoms with Gasteiger partial charge in [-0.05, 0) is 14.0 Å². The molecule has 0 bridgehead atoms. The molecule has 8 heteroatoms. The summed E-state index contributed by atoms with van der Waals surface area (Å²) in [6, 6.07) is 0. The number of esters is 1. The van der Waals surface area contributed by atoms with Crippen molar-refractivity contribution in [1.82, 2.24) is 10.3 Å². The summed E-state index contributed by atoms with van der Waals surface area (Å²) in [5.41, 5.74) is 0.316. The van der Waals surface area contributed by atoms with Crippen LogP contribution in [0.4, 0.5) is 0 Å². The molecule has 0 radical (unpaired) electrons. The maximum Gasteiger partial charge on any atom is 0.333 e. The second-order valence-corrected chi connectivity index (χ2v) is 3.55. The van der Waals surface area contributed by atoms with Crippen molar-refractivity contribution >= 4 is 14.9 Å². The summed E-state index contributed by atoms with van der Waals surface area (Å²) in [4.78, 5) is 15.6. The summed E-state index contributed by atoms with van der Waals surface area (Å²) in [6.45, 7) is 5.01. The predicted molar refractivity (Wildman–Crippen MR) is 56.6 cm³/mol. The zero-order chi connectivity index (χ0) is 11.7. The van der Waals surface area contributed by atoms with Gasteiger partial charge in [0.2, 0.25) is 0 Å². The number of hydrogen-bond acceptors (Lipinski definition) is 6. The molecule has 2 unspecified atom stereocenters. The minimum atomic E-state index is -0.547. The summed E-state index contributed by atoms with van der Waals surface area (Å²) >= 11 is 0. The second-order valence-electron chi connectivity index (χ2n) is 2.55. The Morgan fingerprint density at radius 3 is 2.80 bits per heavy atom. The maximum atomic E-state index is 10.9. The molecule has 88 valence electrons. The van der Waals surface area contributed by atoms with Crippen LogP contribution in [0.2, 0.25) is 0 Å². The van der Waals surface area contributed by atoms with Crippen molar-refractivity contribution in [3.63, 3.8) is 0 Å². The summed E-state index contributed by atoms with van der Waals surface area (Å²) in [7, 11) is 1.80. The summed E-state index contributed by atoms with van der Waals surface area (Å²) < 4.78 is 4.70. The van der Waals surface area contributed by atoms with Crippen LogP contribution in [0.25, 0.3) is 0 Å². The fourth-order valence-electron chi connectivity index (χ4n) is 0.542. The highest BCUT2D eigenvalue weighted by Gasteiger charge is 2.03. The molecule has 0 rings (SSSR count). The number of quaternary nitrogens is 1. The Bertz CT molecular complexity index is 214. The maximum absolute atomic E-state index is 10.9. The van der Waals surface area contributed by atoms with E-state index in [2.05, 4.69) is 21.7 Å². The van der Waals surface area contributed by atoms with Gasteiger partial charge in [-0.25, -0.2) is 4.79 Å². The van der Waals surface area contributed by atoms with Crippen LogP contribution in [-0.2, 0) is 14.4 Å². The standard InChI is InChI=1S/C7H16N3O4P/c1-6(2)7(11)13-4-5-14-10(12)9-15-8-3/h8-10,15H,1,4-5H2,2-3H3. The van der Waals surface area contributed by atoms with Gasteiger partial charge in [-0.15, -0.1) is 10.5 Å². The molecular formula is C7H16N3O4P. The quantitative estimate of drug-likeness (QED) is 0.159. The first-order chi connectivity index (χ1) is 7.07. The zero-order valence-corrected chi connectivity index (χ0v) is 9.75. The van der Waals surface area contributed by atoms with Gasteiger partial charge in [-0.3, -0.25) is 5.09 Å². The Hall–Kier alpha value is -0.560. The van der Waals surface area contributed by atoms with Crippen molar-refractivity contribution in [2.24, 2.45) is 0 Å². The molecule has 3 N–H and O–H groups in total. The van der Waals surface area contributed by atoms with E-state index in [-0.39, 0.29) is 22.1 Å². The number of carbonyl (C=O) groups is 1. The third-order valence-electron chi connectivity index (χ3n) is 1.19. The van der Waals surface area contributed by atoms with Gasteiger partial charge in [0.1, 0.15) is 13.2 Å². The molecule has 0 fully saturated rings. The molecule has 7 nitrogen and oxygen atoms in total. The van der Waals surface area contributed by atoms with E-state index in [4.69, 9.17) is 4.74 Å². The van der Waals surface area contributed by atoms with Gasteiger partial charge in [-0.2, -0.15) is 4.84 Å². The lowest BCUT2D eigenvalue weighted by atomic mass is 10.4. The largest absolute Gasteiger partial charge is 0.579 e. The van der Waals surface area contributed by atoms with E-state index in [1.54, 1.807) is 14.0 Å². The molecule has 0 saturated heterocycles. The number of rotatable bonds is 8. The summed E-state index contributed by atoms with van der Waals surface area (Å²) in [6.07, 6.45) is 0. The highest BCUT2D eigenvalue weighted by atomic mass is 31.1. The van der Waals surface area contributed by atoms with Gasteiger partial charge >= 0.3 is 5.97 Å².